The van der Waals surface area contributed by atoms with Crippen LogP contribution in [0, 0.1) is 0 Å². The van der Waals surface area contributed by atoms with Crippen molar-refractivity contribution in [3.8, 4) is 0 Å². The normalized spacial score (nSPS) is 12.4. The largest absolute Gasteiger partial charge is 0.389 e. The van der Waals surface area contributed by atoms with Crippen molar-refractivity contribution in [1.82, 2.24) is 9.55 Å². The van der Waals surface area contributed by atoms with Crippen LogP contribution < -0.4 is 5.56 Å². The fourth-order valence-corrected chi connectivity index (χ4v) is 2.73. The summed E-state index contributed by atoms with van der Waals surface area (Å²) < 4.78 is 6.86. The number of hydrogen-bond acceptors (Lipinski definition) is 4. The minimum atomic E-state index is -0.823. The molecular weight excluding hydrogens is 363 g/mol. The number of hydrogen-bond donors (Lipinski definition) is 1. The van der Waals surface area contributed by atoms with Gasteiger partial charge in [-0.05, 0) is 35.9 Å². The van der Waals surface area contributed by atoms with Gasteiger partial charge in [0.2, 0.25) is 0 Å². The highest BCUT2D eigenvalue weighted by molar-refractivity contribution is 6.31. The minimum absolute atomic E-state index is 0.102. The van der Waals surface area contributed by atoms with Crippen molar-refractivity contribution in [2.45, 2.75) is 19.3 Å². The van der Waals surface area contributed by atoms with Crippen molar-refractivity contribution in [2.24, 2.45) is 0 Å². The molecule has 0 fully saturated rings. The summed E-state index contributed by atoms with van der Waals surface area (Å²) in [4.78, 5) is 16.6. The van der Waals surface area contributed by atoms with Crippen LogP contribution in [0.3, 0.4) is 0 Å². The maximum absolute atomic E-state index is 12.4. The second kappa shape index (κ2) is 7.97. The number of aliphatic hydroxyl groups is 1. The second-order valence-electron chi connectivity index (χ2n) is 5.66. The van der Waals surface area contributed by atoms with Crippen LogP contribution in [0.4, 0.5) is 0 Å². The Morgan fingerprint density at radius 1 is 1.12 bits per heavy atom. The minimum Gasteiger partial charge on any atom is -0.389 e. The zero-order valence-electron chi connectivity index (χ0n) is 13.2. The number of halogens is 2. The molecule has 1 N–H and O–H groups in total. The molecule has 1 heterocycles. The Kier molecular flexibility index (Phi) is 5.71. The van der Waals surface area contributed by atoms with Gasteiger partial charge in [0.25, 0.3) is 5.56 Å². The first-order chi connectivity index (χ1) is 12.0. The predicted molar refractivity (Wildman–Crippen MR) is 98.1 cm³/mol. The molecule has 25 heavy (non-hydrogen) atoms. The number of aliphatic hydroxyl groups excluding tert-OH is 1. The molecule has 0 saturated heterocycles. The molecule has 0 bridgehead atoms. The number of aromatic nitrogens is 2. The third-order valence-electron chi connectivity index (χ3n) is 3.69. The van der Waals surface area contributed by atoms with E-state index in [1.807, 2.05) is 12.1 Å². The Bertz CT molecular complexity index is 926. The van der Waals surface area contributed by atoms with Gasteiger partial charge in [0, 0.05) is 10.0 Å². The monoisotopic (exact) mass is 378 g/mol. The Hall–Kier alpha value is -1.92. The first-order valence-corrected chi connectivity index (χ1v) is 8.43. The molecule has 0 spiro atoms. The van der Waals surface area contributed by atoms with Gasteiger partial charge in [-0.2, -0.15) is 0 Å². The fraction of sp³-hybridized carbons (Fsp3) is 0.222. The average Bonchev–Trinajstić information content (AvgIpc) is 2.59. The summed E-state index contributed by atoms with van der Waals surface area (Å²) in [6.45, 7) is 0.566. The number of ether oxygens (including phenoxy) is 1. The smallest absolute Gasteiger partial charge is 0.261 e. The first-order valence-electron chi connectivity index (χ1n) is 7.68. The molecule has 0 amide bonds. The first kappa shape index (κ1) is 17.9. The van der Waals surface area contributed by atoms with Crippen LogP contribution in [0.25, 0.3) is 10.9 Å². The van der Waals surface area contributed by atoms with Crippen LogP contribution >= 0.6 is 23.2 Å². The summed E-state index contributed by atoms with van der Waals surface area (Å²) in [5, 5.41) is 11.8. The molecule has 1 atom stereocenters. The van der Waals surface area contributed by atoms with Crippen molar-refractivity contribution < 1.29 is 9.84 Å². The summed E-state index contributed by atoms with van der Waals surface area (Å²) in [6, 6.07) is 12.2. The summed E-state index contributed by atoms with van der Waals surface area (Å²) >= 11 is 11.7. The van der Waals surface area contributed by atoms with E-state index >= 15 is 0 Å². The average molecular weight is 379 g/mol. The molecular formula is C18H16Cl2N2O3. The number of nitrogens with zero attached hydrogens (tertiary/aromatic N) is 2. The molecule has 0 saturated carbocycles. The maximum Gasteiger partial charge on any atom is 0.261 e. The molecule has 130 valence electrons. The van der Waals surface area contributed by atoms with Gasteiger partial charge >= 0.3 is 0 Å². The van der Waals surface area contributed by atoms with Crippen LogP contribution in [-0.4, -0.2) is 27.4 Å². The Balaban J connectivity index is 1.61. The van der Waals surface area contributed by atoms with Gasteiger partial charge in [-0.15, -0.1) is 0 Å². The molecule has 7 heteroatoms. The molecule has 0 aliphatic carbocycles. The van der Waals surface area contributed by atoms with Gasteiger partial charge in [-0.25, -0.2) is 4.98 Å². The quantitative estimate of drug-likeness (QED) is 0.714. The third kappa shape index (κ3) is 4.58. The highest BCUT2D eigenvalue weighted by atomic mass is 35.5. The van der Waals surface area contributed by atoms with E-state index < -0.39 is 6.10 Å². The van der Waals surface area contributed by atoms with Crippen LogP contribution in [-0.2, 0) is 17.9 Å². The standard InChI is InChI=1S/C18H16Cl2N2O3/c19-13-3-1-12(2-4-13)9-25-10-15(23)8-22-11-21-17-7-14(20)5-6-16(17)18(22)24/h1-7,11,15,23H,8-10H2. The molecule has 0 radical (unpaired) electrons. The van der Waals surface area contributed by atoms with Crippen molar-refractivity contribution in [3.05, 3.63) is 74.8 Å². The SMILES string of the molecule is O=c1c2ccc(Cl)cc2ncn1CC(O)COCc1ccc(Cl)cc1. The van der Waals surface area contributed by atoms with Crippen molar-refractivity contribution in [3.63, 3.8) is 0 Å². The highest BCUT2D eigenvalue weighted by Crippen LogP contribution is 2.14. The van der Waals surface area contributed by atoms with Crippen LogP contribution in [0.2, 0.25) is 10.0 Å². The molecule has 3 rings (SSSR count). The molecule has 5 nitrogen and oxygen atoms in total. The maximum atomic E-state index is 12.4. The Morgan fingerprint density at radius 3 is 2.60 bits per heavy atom. The summed E-state index contributed by atoms with van der Waals surface area (Å²) in [6.07, 6.45) is 0.584. The predicted octanol–water partition coefficient (Wildman–Crippen LogP) is 3.28. The summed E-state index contributed by atoms with van der Waals surface area (Å²) in [5.74, 6) is 0. The van der Waals surface area contributed by atoms with E-state index in [0.29, 0.717) is 27.6 Å². The second-order valence-corrected chi connectivity index (χ2v) is 6.53. The van der Waals surface area contributed by atoms with Gasteiger partial charge in [0.1, 0.15) is 0 Å². The zero-order valence-corrected chi connectivity index (χ0v) is 14.7. The van der Waals surface area contributed by atoms with E-state index in [9.17, 15) is 9.90 Å². The molecule has 2 aromatic carbocycles. The Labute approximate surface area is 154 Å². The van der Waals surface area contributed by atoms with Crippen LogP contribution in [0.1, 0.15) is 5.56 Å². The lowest BCUT2D eigenvalue weighted by Crippen LogP contribution is -2.29. The lowest BCUT2D eigenvalue weighted by Gasteiger charge is -2.13. The van der Waals surface area contributed by atoms with Gasteiger partial charge in [-0.3, -0.25) is 9.36 Å². The van der Waals surface area contributed by atoms with Gasteiger partial charge in [0.05, 0.1) is 43.1 Å². The lowest BCUT2D eigenvalue weighted by atomic mass is 10.2. The highest BCUT2D eigenvalue weighted by Gasteiger charge is 2.10. The Morgan fingerprint density at radius 2 is 1.84 bits per heavy atom. The van der Waals surface area contributed by atoms with Crippen LogP contribution in [0.5, 0.6) is 0 Å². The van der Waals surface area contributed by atoms with Crippen molar-refractivity contribution in [1.29, 1.82) is 0 Å². The molecule has 3 aromatic rings. The van der Waals surface area contributed by atoms with E-state index in [1.165, 1.54) is 10.9 Å². The molecule has 0 aliphatic heterocycles. The number of fused-ring (bicyclic) bond motifs is 1. The van der Waals surface area contributed by atoms with E-state index in [1.54, 1.807) is 30.3 Å². The topological polar surface area (TPSA) is 64.4 Å². The molecule has 1 unspecified atom stereocenters. The van der Waals surface area contributed by atoms with E-state index in [2.05, 4.69) is 4.98 Å². The van der Waals surface area contributed by atoms with Crippen molar-refractivity contribution in [2.75, 3.05) is 6.61 Å². The van der Waals surface area contributed by atoms with Gasteiger partial charge in [0.15, 0.2) is 0 Å². The van der Waals surface area contributed by atoms with Gasteiger partial charge < -0.3 is 9.84 Å². The molecule has 0 aliphatic rings. The van der Waals surface area contributed by atoms with Crippen LogP contribution in [0.15, 0.2) is 53.6 Å². The number of rotatable bonds is 6. The fourth-order valence-electron chi connectivity index (χ4n) is 2.43. The third-order valence-corrected chi connectivity index (χ3v) is 4.17. The van der Waals surface area contributed by atoms with E-state index in [0.717, 1.165) is 5.56 Å². The lowest BCUT2D eigenvalue weighted by molar-refractivity contribution is 0.0198. The summed E-state index contributed by atoms with van der Waals surface area (Å²) in [7, 11) is 0. The zero-order chi connectivity index (χ0) is 17.8. The molecule has 1 aromatic heterocycles. The summed E-state index contributed by atoms with van der Waals surface area (Å²) in [5.41, 5.74) is 1.26. The van der Waals surface area contributed by atoms with Crippen molar-refractivity contribution >= 4 is 34.1 Å². The van der Waals surface area contributed by atoms with E-state index in [-0.39, 0.29) is 18.7 Å². The van der Waals surface area contributed by atoms with Gasteiger partial charge in [-0.1, -0.05) is 35.3 Å². The van der Waals surface area contributed by atoms with E-state index in [4.69, 9.17) is 27.9 Å². The number of benzene rings is 2.